The summed E-state index contributed by atoms with van der Waals surface area (Å²) in [7, 11) is 0. The maximum absolute atomic E-state index is 5.89. The van der Waals surface area contributed by atoms with Crippen LogP contribution in [0.1, 0.15) is 0 Å². The molecule has 0 atom stereocenters. The Hall–Kier alpha value is -2.44. The van der Waals surface area contributed by atoms with Crippen molar-refractivity contribution >= 4 is 17.5 Å². The minimum absolute atomic E-state index is 0.618. The smallest absolute Gasteiger partial charge is 0.225 e. The number of hydrogen-bond donors (Lipinski definition) is 1. The summed E-state index contributed by atoms with van der Waals surface area (Å²) >= 11 is 0. The fraction of sp³-hybridized carbons (Fsp3) is 0.333. The van der Waals surface area contributed by atoms with E-state index in [2.05, 4.69) is 29.7 Å². The summed E-state index contributed by atoms with van der Waals surface area (Å²) in [5.41, 5.74) is 6.51. The average molecular weight is 257 g/mol. The maximum atomic E-state index is 5.89. The summed E-state index contributed by atoms with van der Waals surface area (Å²) < 4.78 is 0. The lowest BCUT2D eigenvalue weighted by Gasteiger charge is -2.35. The van der Waals surface area contributed by atoms with Crippen LogP contribution in [-0.4, -0.2) is 46.1 Å². The minimum Gasteiger partial charge on any atom is -0.394 e. The van der Waals surface area contributed by atoms with E-state index in [-0.39, 0.29) is 0 Å². The summed E-state index contributed by atoms with van der Waals surface area (Å²) in [6, 6.07) is 1.82. The number of anilines is 3. The molecule has 2 N–H and O–H groups in total. The lowest BCUT2D eigenvalue weighted by Crippen LogP contribution is -2.47. The van der Waals surface area contributed by atoms with E-state index in [1.807, 2.05) is 6.07 Å². The van der Waals surface area contributed by atoms with Crippen LogP contribution in [0.25, 0.3) is 0 Å². The zero-order valence-corrected chi connectivity index (χ0v) is 10.5. The number of hydrogen-bond acceptors (Lipinski definition) is 7. The summed E-state index contributed by atoms with van der Waals surface area (Å²) in [5.74, 6) is 1.58. The normalized spacial score (nSPS) is 15.6. The van der Waals surface area contributed by atoms with Gasteiger partial charge in [0.15, 0.2) is 5.82 Å². The van der Waals surface area contributed by atoms with Gasteiger partial charge in [0.2, 0.25) is 5.95 Å². The van der Waals surface area contributed by atoms with E-state index in [4.69, 9.17) is 5.73 Å². The molecule has 19 heavy (non-hydrogen) atoms. The number of rotatable bonds is 2. The molecular formula is C12H15N7. The average Bonchev–Trinajstić information content (AvgIpc) is 2.49. The Morgan fingerprint density at radius 1 is 0.947 bits per heavy atom. The second kappa shape index (κ2) is 5.05. The number of piperazine rings is 1. The van der Waals surface area contributed by atoms with Crippen LogP contribution >= 0.6 is 0 Å². The second-order valence-corrected chi connectivity index (χ2v) is 4.32. The van der Waals surface area contributed by atoms with Crippen LogP contribution in [0, 0.1) is 0 Å². The molecule has 7 nitrogen and oxygen atoms in total. The van der Waals surface area contributed by atoms with Crippen molar-refractivity contribution < 1.29 is 0 Å². The van der Waals surface area contributed by atoms with Crippen LogP contribution in [0.5, 0.6) is 0 Å². The molecule has 0 radical (unpaired) electrons. The molecule has 0 amide bonds. The molecule has 2 aromatic rings. The molecular weight excluding hydrogens is 242 g/mol. The molecule has 1 fully saturated rings. The van der Waals surface area contributed by atoms with Gasteiger partial charge in [0.05, 0.1) is 11.9 Å². The molecule has 3 rings (SSSR count). The molecule has 2 aromatic heterocycles. The van der Waals surface area contributed by atoms with E-state index >= 15 is 0 Å². The predicted molar refractivity (Wildman–Crippen MR) is 72.9 cm³/mol. The van der Waals surface area contributed by atoms with Crippen molar-refractivity contribution in [3.63, 3.8) is 0 Å². The molecule has 0 bridgehead atoms. The quantitative estimate of drug-likeness (QED) is 0.821. The number of nitrogen functional groups attached to an aromatic ring is 1. The highest BCUT2D eigenvalue weighted by Crippen LogP contribution is 2.20. The van der Waals surface area contributed by atoms with Crippen molar-refractivity contribution in [2.24, 2.45) is 0 Å². The third kappa shape index (κ3) is 2.40. The van der Waals surface area contributed by atoms with E-state index in [1.165, 1.54) is 6.33 Å². The standard InChI is InChI=1S/C12H15N7/c13-10-8-14-9-17-11(10)18-4-6-19(7-5-18)12-15-2-1-3-16-12/h1-3,8-9H,4-7,13H2. The first-order chi connectivity index (χ1) is 9.34. The van der Waals surface area contributed by atoms with Gasteiger partial charge >= 0.3 is 0 Å². The van der Waals surface area contributed by atoms with Crippen LogP contribution in [0.3, 0.4) is 0 Å². The molecule has 3 heterocycles. The van der Waals surface area contributed by atoms with Gasteiger partial charge in [0, 0.05) is 38.6 Å². The first-order valence-electron chi connectivity index (χ1n) is 6.17. The summed E-state index contributed by atoms with van der Waals surface area (Å²) in [5, 5.41) is 0. The molecule has 0 saturated carbocycles. The van der Waals surface area contributed by atoms with Crippen LogP contribution in [0.4, 0.5) is 17.5 Å². The van der Waals surface area contributed by atoms with E-state index in [9.17, 15) is 0 Å². The Balaban J connectivity index is 1.69. The fourth-order valence-corrected chi connectivity index (χ4v) is 2.17. The van der Waals surface area contributed by atoms with E-state index in [0.717, 1.165) is 37.9 Å². The van der Waals surface area contributed by atoms with Crippen molar-refractivity contribution in [3.8, 4) is 0 Å². The van der Waals surface area contributed by atoms with Gasteiger partial charge in [-0.25, -0.2) is 19.9 Å². The van der Waals surface area contributed by atoms with Crippen molar-refractivity contribution in [2.75, 3.05) is 41.7 Å². The molecule has 0 spiro atoms. The zero-order valence-electron chi connectivity index (χ0n) is 10.5. The van der Waals surface area contributed by atoms with Gasteiger partial charge in [-0.3, -0.25) is 0 Å². The van der Waals surface area contributed by atoms with Crippen molar-refractivity contribution in [1.82, 2.24) is 19.9 Å². The lowest BCUT2D eigenvalue weighted by molar-refractivity contribution is 0.634. The highest BCUT2D eigenvalue weighted by Gasteiger charge is 2.20. The first-order valence-corrected chi connectivity index (χ1v) is 6.17. The first kappa shape index (κ1) is 11.6. The summed E-state index contributed by atoms with van der Waals surface area (Å²) in [4.78, 5) is 21.0. The summed E-state index contributed by atoms with van der Waals surface area (Å²) in [6.07, 6.45) is 6.68. The third-order valence-corrected chi connectivity index (χ3v) is 3.13. The van der Waals surface area contributed by atoms with Crippen molar-refractivity contribution in [1.29, 1.82) is 0 Å². The van der Waals surface area contributed by atoms with E-state index in [1.54, 1.807) is 18.6 Å². The fourth-order valence-electron chi connectivity index (χ4n) is 2.17. The second-order valence-electron chi connectivity index (χ2n) is 4.32. The monoisotopic (exact) mass is 257 g/mol. The van der Waals surface area contributed by atoms with Crippen LogP contribution in [-0.2, 0) is 0 Å². The lowest BCUT2D eigenvalue weighted by atomic mass is 10.3. The minimum atomic E-state index is 0.618. The Labute approximate surface area is 111 Å². The highest BCUT2D eigenvalue weighted by atomic mass is 15.3. The highest BCUT2D eigenvalue weighted by molar-refractivity contribution is 5.61. The Morgan fingerprint density at radius 2 is 1.63 bits per heavy atom. The summed E-state index contributed by atoms with van der Waals surface area (Å²) in [6.45, 7) is 3.40. The predicted octanol–water partition coefficient (Wildman–Crippen LogP) is 0.175. The molecule has 98 valence electrons. The van der Waals surface area contributed by atoms with E-state index in [0.29, 0.717) is 5.69 Å². The molecule has 1 aliphatic rings. The van der Waals surface area contributed by atoms with Gasteiger partial charge in [-0.2, -0.15) is 0 Å². The van der Waals surface area contributed by atoms with Crippen LogP contribution in [0.15, 0.2) is 31.0 Å². The Morgan fingerprint density at radius 3 is 2.32 bits per heavy atom. The van der Waals surface area contributed by atoms with E-state index < -0.39 is 0 Å². The van der Waals surface area contributed by atoms with Crippen LogP contribution < -0.4 is 15.5 Å². The van der Waals surface area contributed by atoms with Crippen LogP contribution in [0.2, 0.25) is 0 Å². The van der Waals surface area contributed by atoms with Gasteiger partial charge < -0.3 is 15.5 Å². The Bertz CT molecular complexity index is 537. The molecule has 0 unspecified atom stereocenters. The number of nitrogens with zero attached hydrogens (tertiary/aromatic N) is 6. The zero-order chi connectivity index (χ0) is 13.1. The van der Waals surface area contributed by atoms with Gasteiger partial charge in [0.1, 0.15) is 6.33 Å². The van der Waals surface area contributed by atoms with Gasteiger partial charge in [-0.15, -0.1) is 0 Å². The third-order valence-electron chi connectivity index (χ3n) is 3.13. The molecule has 1 aliphatic heterocycles. The Kier molecular flexibility index (Phi) is 3.09. The van der Waals surface area contributed by atoms with Crippen molar-refractivity contribution in [3.05, 3.63) is 31.0 Å². The molecule has 0 aliphatic carbocycles. The topological polar surface area (TPSA) is 84.1 Å². The number of aromatic nitrogens is 4. The SMILES string of the molecule is Nc1cncnc1N1CCN(c2ncccn2)CC1. The van der Waals surface area contributed by atoms with Gasteiger partial charge in [0.25, 0.3) is 0 Å². The molecule has 7 heteroatoms. The molecule has 0 aromatic carbocycles. The number of nitrogens with two attached hydrogens (primary N) is 1. The van der Waals surface area contributed by atoms with Crippen molar-refractivity contribution in [2.45, 2.75) is 0 Å². The largest absolute Gasteiger partial charge is 0.394 e. The van der Waals surface area contributed by atoms with Gasteiger partial charge in [-0.1, -0.05) is 0 Å². The van der Waals surface area contributed by atoms with Gasteiger partial charge in [-0.05, 0) is 6.07 Å². The maximum Gasteiger partial charge on any atom is 0.225 e. The molecule has 1 saturated heterocycles.